The maximum absolute atomic E-state index is 12.4. The van der Waals surface area contributed by atoms with Crippen LogP contribution in [0.5, 0.6) is 0 Å². The highest BCUT2D eigenvalue weighted by Gasteiger charge is 2.38. The lowest BCUT2D eigenvalue weighted by Gasteiger charge is -2.08. The van der Waals surface area contributed by atoms with Gasteiger partial charge in [-0.2, -0.15) is 13.2 Å². The SMILES string of the molecule is Nc1cc(F)ccc1S(=O)C(F)(F)F. The fraction of sp³-hybridized carbons (Fsp3) is 0.143. The van der Waals surface area contributed by atoms with Gasteiger partial charge < -0.3 is 5.73 Å². The van der Waals surface area contributed by atoms with Gasteiger partial charge in [0.25, 0.3) is 0 Å². The fourth-order valence-corrected chi connectivity index (χ4v) is 1.53. The van der Waals surface area contributed by atoms with Gasteiger partial charge in [0.1, 0.15) is 5.82 Å². The molecule has 2 N–H and O–H groups in total. The third-order valence-corrected chi connectivity index (χ3v) is 2.57. The number of hydrogen-bond donors (Lipinski definition) is 1. The van der Waals surface area contributed by atoms with Crippen LogP contribution in [0.2, 0.25) is 0 Å². The number of anilines is 1. The molecule has 0 amide bonds. The van der Waals surface area contributed by atoms with E-state index in [1.807, 2.05) is 0 Å². The minimum absolute atomic E-state index is 0.472. The molecule has 0 heterocycles. The quantitative estimate of drug-likeness (QED) is 0.589. The molecular weight excluding hydrogens is 222 g/mol. The lowest BCUT2D eigenvalue weighted by atomic mass is 10.3. The Kier molecular flexibility index (Phi) is 2.79. The Morgan fingerprint density at radius 3 is 2.29 bits per heavy atom. The van der Waals surface area contributed by atoms with E-state index in [1.165, 1.54) is 0 Å². The monoisotopic (exact) mass is 227 g/mol. The summed E-state index contributed by atoms with van der Waals surface area (Å²) in [6.45, 7) is 0. The Hall–Kier alpha value is -1.11. The van der Waals surface area contributed by atoms with Crippen molar-refractivity contribution >= 4 is 16.5 Å². The molecule has 0 radical (unpaired) electrons. The number of halogens is 4. The molecule has 0 aromatic heterocycles. The highest BCUT2D eigenvalue weighted by atomic mass is 32.2. The van der Waals surface area contributed by atoms with Gasteiger partial charge in [-0.25, -0.2) is 8.60 Å². The largest absolute Gasteiger partial charge is 0.475 e. The number of nitrogen functional groups attached to an aromatic ring is 1. The molecule has 0 spiro atoms. The topological polar surface area (TPSA) is 43.1 Å². The summed E-state index contributed by atoms with van der Waals surface area (Å²) >= 11 is 0. The summed E-state index contributed by atoms with van der Waals surface area (Å²) in [6, 6.07) is 2.22. The van der Waals surface area contributed by atoms with Crippen LogP contribution in [0.4, 0.5) is 23.2 Å². The van der Waals surface area contributed by atoms with Gasteiger partial charge in [0, 0.05) is 0 Å². The van der Waals surface area contributed by atoms with E-state index in [-0.39, 0.29) is 0 Å². The molecule has 78 valence electrons. The summed E-state index contributed by atoms with van der Waals surface area (Å²) < 4.78 is 59.1. The number of nitrogens with two attached hydrogens (primary N) is 1. The lowest BCUT2D eigenvalue weighted by Crippen LogP contribution is -2.17. The van der Waals surface area contributed by atoms with Crippen LogP contribution in [0.15, 0.2) is 23.1 Å². The zero-order valence-corrected chi connectivity index (χ0v) is 7.45. The first kappa shape index (κ1) is 11.0. The second-order valence-corrected chi connectivity index (χ2v) is 3.84. The van der Waals surface area contributed by atoms with Crippen molar-refractivity contribution in [2.24, 2.45) is 0 Å². The molecular formula is C7H5F4NOS. The molecule has 1 unspecified atom stereocenters. The van der Waals surface area contributed by atoms with Gasteiger partial charge in [-0.15, -0.1) is 0 Å². The van der Waals surface area contributed by atoms with Gasteiger partial charge in [-0.3, -0.25) is 0 Å². The first-order valence-electron chi connectivity index (χ1n) is 3.36. The van der Waals surface area contributed by atoms with Crippen LogP contribution in [-0.2, 0) is 10.8 Å². The highest BCUT2D eigenvalue weighted by molar-refractivity contribution is 7.86. The van der Waals surface area contributed by atoms with Gasteiger partial charge in [0.2, 0.25) is 0 Å². The van der Waals surface area contributed by atoms with Crippen LogP contribution >= 0.6 is 0 Å². The summed E-state index contributed by atoms with van der Waals surface area (Å²) in [5.74, 6) is -0.773. The van der Waals surface area contributed by atoms with Crippen LogP contribution in [-0.4, -0.2) is 9.72 Å². The molecule has 2 nitrogen and oxygen atoms in total. The van der Waals surface area contributed by atoms with Crippen molar-refractivity contribution in [2.45, 2.75) is 10.4 Å². The number of rotatable bonds is 1. The second kappa shape index (κ2) is 3.56. The molecule has 0 aliphatic rings. The van der Waals surface area contributed by atoms with Crippen LogP contribution in [0.1, 0.15) is 0 Å². The maximum atomic E-state index is 12.4. The summed E-state index contributed by atoms with van der Waals surface area (Å²) in [7, 11) is -3.21. The van der Waals surface area contributed by atoms with Crippen molar-refractivity contribution in [3.8, 4) is 0 Å². The zero-order chi connectivity index (χ0) is 10.9. The standard InChI is InChI=1S/C7H5F4NOS/c8-4-1-2-6(5(12)3-4)14(13)7(9,10)11/h1-3H,12H2. The van der Waals surface area contributed by atoms with Crippen molar-refractivity contribution < 1.29 is 21.8 Å². The molecule has 1 rings (SSSR count). The van der Waals surface area contributed by atoms with Crippen molar-refractivity contribution in [3.63, 3.8) is 0 Å². The van der Waals surface area contributed by atoms with E-state index in [2.05, 4.69) is 0 Å². The molecule has 0 saturated carbocycles. The van der Waals surface area contributed by atoms with E-state index in [0.29, 0.717) is 6.07 Å². The average molecular weight is 227 g/mol. The third kappa shape index (κ3) is 2.22. The first-order chi connectivity index (χ1) is 6.32. The molecule has 1 aromatic carbocycles. The van der Waals surface area contributed by atoms with Crippen LogP contribution < -0.4 is 5.73 Å². The molecule has 0 bridgehead atoms. The molecule has 0 aliphatic carbocycles. The molecule has 7 heteroatoms. The molecule has 0 aliphatic heterocycles. The van der Waals surface area contributed by atoms with Gasteiger partial charge in [0.15, 0.2) is 10.8 Å². The van der Waals surface area contributed by atoms with E-state index in [1.54, 1.807) is 0 Å². The Bertz CT molecular complexity index is 376. The minimum Gasteiger partial charge on any atom is -0.398 e. The summed E-state index contributed by atoms with van der Waals surface area (Å²) in [4.78, 5) is -0.626. The number of alkyl halides is 3. The second-order valence-electron chi connectivity index (χ2n) is 2.40. The van der Waals surface area contributed by atoms with Gasteiger partial charge in [0.05, 0.1) is 10.6 Å². The predicted octanol–water partition coefficient (Wildman–Crippen LogP) is 2.04. The van der Waals surface area contributed by atoms with E-state index in [4.69, 9.17) is 5.73 Å². The van der Waals surface area contributed by atoms with Crippen LogP contribution in [0.3, 0.4) is 0 Å². The molecule has 1 aromatic rings. The van der Waals surface area contributed by atoms with Crippen LogP contribution in [0.25, 0.3) is 0 Å². The Labute approximate surface area is 79.2 Å². The van der Waals surface area contributed by atoms with E-state index in [0.717, 1.165) is 12.1 Å². The highest BCUT2D eigenvalue weighted by Crippen LogP contribution is 2.29. The Morgan fingerprint density at radius 1 is 1.29 bits per heavy atom. The maximum Gasteiger partial charge on any atom is 0.475 e. The van der Waals surface area contributed by atoms with Crippen LogP contribution in [0, 0.1) is 5.82 Å². The smallest absolute Gasteiger partial charge is 0.398 e. The summed E-state index contributed by atoms with van der Waals surface area (Å²) in [6.07, 6.45) is 0. The van der Waals surface area contributed by atoms with Crippen molar-refractivity contribution in [2.75, 3.05) is 5.73 Å². The lowest BCUT2D eigenvalue weighted by molar-refractivity contribution is -0.0384. The summed E-state index contributed by atoms with van der Waals surface area (Å²) in [5, 5.41) is 0. The average Bonchev–Trinajstić information content (AvgIpc) is 2.01. The fourth-order valence-electron chi connectivity index (χ4n) is 0.813. The van der Waals surface area contributed by atoms with E-state index in [9.17, 15) is 21.8 Å². The Morgan fingerprint density at radius 2 is 1.86 bits per heavy atom. The molecule has 0 fully saturated rings. The number of hydrogen-bond acceptors (Lipinski definition) is 2. The first-order valence-corrected chi connectivity index (χ1v) is 4.51. The van der Waals surface area contributed by atoms with Crippen molar-refractivity contribution in [1.29, 1.82) is 0 Å². The third-order valence-electron chi connectivity index (χ3n) is 1.38. The predicted molar refractivity (Wildman–Crippen MR) is 43.3 cm³/mol. The molecule has 1 atom stereocenters. The molecule has 0 saturated heterocycles. The Balaban J connectivity index is 3.15. The van der Waals surface area contributed by atoms with E-state index >= 15 is 0 Å². The zero-order valence-electron chi connectivity index (χ0n) is 6.64. The van der Waals surface area contributed by atoms with Gasteiger partial charge in [-0.05, 0) is 18.2 Å². The minimum atomic E-state index is -4.88. The van der Waals surface area contributed by atoms with Gasteiger partial charge in [-0.1, -0.05) is 0 Å². The van der Waals surface area contributed by atoms with Gasteiger partial charge >= 0.3 is 5.51 Å². The molecule has 14 heavy (non-hydrogen) atoms. The number of benzene rings is 1. The van der Waals surface area contributed by atoms with Crippen molar-refractivity contribution in [3.05, 3.63) is 24.0 Å². The summed E-state index contributed by atoms with van der Waals surface area (Å²) in [5.41, 5.74) is -0.269. The normalized spacial score (nSPS) is 14.0. The van der Waals surface area contributed by atoms with Crippen molar-refractivity contribution in [1.82, 2.24) is 0 Å². The van der Waals surface area contributed by atoms with E-state index < -0.39 is 32.7 Å².